The number of pyridine rings is 1. The number of rotatable bonds is 2. The van der Waals surface area contributed by atoms with Gasteiger partial charge in [0, 0.05) is 5.56 Å². The molecule has 0 spiro atoms. The number of hydrogen-bond acceptors (Lipinski definition) is 2. The van der Waals surface area contributed by atoms with Crippen LogP contribution in [0.2, 0.25) is 0 Å². The Morgan fingerprint density at radius 1 is 0.545 bits per heavy atom. The van der Waals surface area contributed by atoms with Gasteiger partial charge in [-0.05, 0) is 6.07 Å². The lowest BCUT2D eigenvalue weighted by molar-refractivity contribution is -0.141. The zero-order valence-corrected chi connectivity index (χ0v) is 14.9. The molecule has 0 radical (unpaired) electrons. The summed E-state index contributed by atoms with van der Waals surface area (Å²) in [7, 11) is 0. The lowest BCUT2D eigenvalue weighted by Gasteiger charge is -2.17. The zero-order valence-electron chi connectivity index (χ0n) is 14.9. The third kappa shape index (κ3) is 3.60. The Hall–Kier alpha value is -3.52. The minimum atomic E-state index is -5.66. The molecule has 1 heterocycles. The number of aromatic hydroxyl groups is 1. The van der Waals surface area contributed by atoms with Gasteiger partial charge in [-0.1, -0.05) is 0 Å². The van der Waals surface area contributed by atoms with Gasteiger partial charge in [0.2, 0.25) is 11.6 Å². The molecule has 2 nitrogen and oxygen atoms in total. The highest BCUT2D eigenvalue weighted by molar-refractivity contribution is 5.81. The molecule has 0 fully saturated rings. The summed E-state index contributed by atoms with van der Waals surface area (Å²) in [6.07, 6.45) is -5.66. The molecule has 0 unspecified atom stereocenters. The number of nitrogens with zero attached hydrogens (tertiary/aromatic N) is 1. The summed E-state index contributed by atoms with van der Waals surface area (Å²) in [6.45, 7) is 0. The van der Waals surface area contributed by atoms with Crippen LogP contribution in [0, 0.1) is 58.2 Å². The average Bonchev–Trinajstić information content (AvgIpc) is 2.75. The first-order chi connectivity index (χ1) is 15.1. The maximum atomic E-state index is 14.1. The van der Waals surface area contributed by atoms with Gasteiger partial charge in [0.1, 0.15) is 17.1 Å². The van der Waals surface area contributed by atoms with E-state index >= 15 is 0 Å². The highest BCUT2D eigenvalue weighted by Gasteiger charge is 2.38. The molecule has 0 aliphatic carbocycles. The molecule has 176 valence electrons. The molecule has 15 heteroatoms. The Labute approximate surface area is 172 Å². The Morgan fingerprint density at radius 3 is 1.24 bits per heavy atom. The van der Waals surface area contributed by atoms with Crippen LogP contribution in [0.15, 0.2) is 6.07 Å². The highest BCUT2D eigenvalue weighted by Crippen LogP contribution is 2.45. The van der Waals surface area contributed by atoms with Crippen molar-refractivity contribution in [2.75, 3.05) is 0 Å². The molecule has 2 aromatic carbocycles. The van der Waals surface area contributed by atoms with E-state index in [1.54, 1.807) is 0 Å². The van der Waals surface area contributed by atoms with E-state index in [1.165, 1.54) is 0 Å². The van der Waals surface area contributed by atoms with Crippen molar-refractivity contribution in [1.29, 1.82) is 0 Å². The van der Waals surface area contributed by atoms with E-state index in [1.807, 2.05) is 0 Å². The first-order valence-corrected chi connectivity index (χ1v) is 7.95. The Kier molecular flexibility index (Phi) is 5.71. The number of hydrogen-bond donors (Lipinski definition) is 1. The van der Waals surface area contributed by atoms with Crippen molar-refractivity contribution in [1.82, 2.24) is 4.98 Å². The van der Waals surface area contributed by atoms with E-state index in [9.17, 15) is 62.2 Å². The van der Waals surface area contributed by atoms with Crippen LogP contribution in [0.1, 0.15) is 5.69 Å². The molecule has 1 N–H and O–H groups in total. The number of aromatic nitrogens is 1. The first-order valence-electron chi connectivity index (χ1n) is 7.95. The van der Waals surface area contributed by atoms with Crippen molar-refractivity contribution in [2.24, 2.45) is 0 Å². The quantitative estimate of drug-likeness (QED) is 0.249. The molecule has 0 saturated heterocycles. The predicted molar refractivity (Wildman–Crippen MR) is 81.4 cm³/mol. The van der Waals surface area contributed by atoms with Crippen molar-refractivity contribution >= 4 is 0 Å². The van der Waals surface area contributed by atoms with Crippen molar-refractivity contribution < 1.29 is 62.2 Å². The van der Waals surface area contributed by atoms with E-state index < -0.39 is 104 Å². The van der Waals surface area contributed by atoms with Gasteiger partial charge in [0.15, 0.2) is 46.5 Å². The van der Waals surface area contributed by atoms with Crippen LogP contribution in [0.3, 0.4) is 0 Å². The maximum absolute atomic E-state index is 14.1. The van der Waals surface area contributed by atoms with E-state index in [-0.39, 0.29) is 0 Å². The molecule has 0 atom stereocenters. The van der Waals surface area contributed by atoms with Crippen LogP contribution in [-0.2, 0) is 6.18 Å². The summed E-state index contributed by atoms with van der Waals surface area (Å²) in [5.41, 5.74) is -10.8. The van der Waals surface area contributed by atoms with Crippen LogP contribution in [0.25, 0.3) is 22.4 Å². The lowest BCUT2D eigenvalue weighted by atomic mass is 9.98. The van der Waals surface area contributed by atoms with Gasteiger partial charge in [0.25, 0.3) is 0 Å². The van der Waals surface area contributed by atoms with Crippen LogP contribution in [0.5, 0.6) is 5.75 Å². The molecule has 3 rings (SSSR count). The van der Waals surface area contributed by atoms with Gasteiger partial charge in [-0.15, -0.1) is 0 Å². The SMILES string of the molecule is Oc1c(-c2c(F)c(F)c(F)c(F)c2F)cc(C(F)(F)F)nc1-c1c(F)c(F)c(F)c(F)c1F. The Bertz CT molecular complexity index is 1170. The molecule has 0 saturated carbocycles. The van der Waals surface area contributed by atoms with Gasteiger partial charge in [-0.2, -0.15) is 13.2 Å². The fraction of sp³-hybridized carbons (Fsp3) is 0.0556. The summed E-state index contributed by atoms with van der Waals surface area (Å²) in [4.78, 5) is 2.54. The average molecular weight is 495 g/mol. The topological polar surface area (TPSA) is 33.1 Å². The van der Waals surface area contributed by atoms with Gasteiger partial charge < -0.3 is 5.11 Å². The Balaban J connectivity index is 2.56. The highest BCUT2D eigenvalue weighted by atomic mass is 19.4. The van der Waals surface area contributed by atoms with Crippen molar-refractivity contribution in [3.63, 3.8) is 0 Å². The summed E-state index contributed by atoms with van der Waals surface area (Å²) >= 11 is 0. The molecule has 0 aliphatic heterocycles. The minimum absolute atomic E-state index is 0.455. The van der Waals surface area contributed by atoms with E-state index in [0.717, 1.165) is 0 Å². The second kappa shape index (κ2) is 7.81. The van der Waals surface area contributed by atoms with Gasteiger partial charge in [0.05, 0.1) is 11.1 Å². The monoisotopic (exact) mass is 495 g/mol. The molecule has 1 aromatic heterocycles. The van der Waals surface area contributed by atoms with Gasteiger partial charge in [-0.25, -0.2) is 48.9 Å². The molecule has 3 aromatic rings. The fourth-order valence-corrected chi connectivity index (χ4v) is 2.70. The largest absolute Gasteiger partial charge is 0.505 e. The standard InChI is InChI=1S/C18H2F13NO/c19-6-4(7(20)11(24)14(27)10(6)23)2-1-3(18(29,30)31)32-16(17(2)33)5-8(21)12(25)15(28)13(26)9(5)22/h1,33H. The van der Waals surface area contributed by atoms with Crippen molar-refractivity contribution in [3.8, 4) is 28.1 Å². The molecular weight excluding hydrogens is 493 g/mol. The second-order valence-corrected chi connectivity index (χ2v) is 6.14. The number of benzene rings is 2. The number of alkyl halides is 3. The number of halogens is 13. The Morgan fingerprint density at radius 2 is 0.879 bits per heavy atom. The second-order valence-electron chi connectivity index (χ2n) is 6.14. The zero-order chi connectivity index (χ0) is 25.2. The minimum Gasteiger partial charge on any atom is -0.505 e. The third-order valence-electron chi connectivity index (χ3n) is 4.21. The van der Waals surface area contributed by atoms with Crippen molar-refractivity contribution in [3.05, 3.63) is 69.9 Å². The van der Waals surface area contributed by atoms with Gasteiger partial charge in [-0.3, -0.25) is 0 Å². The molecule has 0 aliphatic rings. The van der Waals surface area contributed by atoms with Crippen LogP contribution in [-0.4, -0.2) is 10.1 Å². The molecule has 0 bridgehead atoms. The predicted octanol–water partition coefficient (Wildman–Crippen LogP) is 6.53. The summed E-state index contributed by atoms with van der Waals surface area (Å²) in [5.74, 6) is -29.5. The normalized spacial score (nSPS) is 11.9. The van der Waals surface area contributed by atoms with Crippen LogP contribution in [0.4, 0.5) is 57.1 Å². The van der Waals surface area contributed by atoms with E-state index in [0.29, 0.717) is 0 Å². The van der Waals surface area contributed by atoms with E-state index in [2.05, 4.69) is 4.98 Å². The van der Waals surface area contributed by atoms with Crippen LogP contribution >= 0.6 is 0 Å². The summed E-state index contributed by atoms with van der Waals surface area (Å²) < 4.78 is 177. The molecule has 0 amide bonds. The van der Waals surface area contributed by atoms with Gasteiger partial charge >= 0.3 is 6.18 Å². The lowest BCUT2D eigenvalue weighted by Crippen LogP contribution is -2.12. The summed E-state index contributed by atoms with van der Waals surface area (Å²) in [5, 5.41) is 10.1. The maximum Gasteiger partial charge on any atom is 0.433 e. The van der Waals surface area contributed by atoms with Crippen LogP contribution < -0.4 is 0 Å². The smallest absolute Gasteiger partial charge is 0.433 e. The molecule has 33 heavy (non-hydrogen) atoms. The van der Waals surface area contributed by atoms with Crippen molar-refractivity contribution in [2.45, 2.75) is 6.18 Å². The fourth-order valence-electron chi connectivity index (χ4n) is 2.70. The first kappa shape index (κ1) is 24.1. The van der Waals surface area contributed by atoms with E-state index in [4.69, 9.17) is 0 Å². The third-order valence-corrected chi connectivity index (χ3v) is 4.21. The molecular formula is C18H2F13NO. The summed E-state index contributed by atoms with van der Waals surface area (Å²) in [6, 6.07) is -0.455.